The predicted octanol–water partition coefficient (Wildman–Crippen LogP) is 1.54. The molecule has 1 rings (SSSR count). The Morgan fingerprint density at radius 2 is 1.90 bits per heavy atom. The van der Waals surface area contributed by atoms with E-state index in [1.165, 1.54) is 0 Å². The molecular formula is C14H31IN4O. The van der Waals surface area contributed by atoms with Crippen molar-refractivity contribution < 1.29 is 4.74 Å². The van der Waals surface area contributed by atoms with Crippen LogP contribution in [-0.4, -0.2) is 62.8 Å². The van der Waals surface area contributed by atoms with Crippen LogP contribution in [0.3, 0.4) is 0 Å². The number of aliphatic imine (C=N–C) groups is 1. The normalized spacial score (nSPS) is 18.6. The smallest absolute Gasteiger partial charge is 0.191 e. The van der Waals surface area contributed by atoms with E-state index in [0.717, 1.165) is 51.9 Å². The second-order valence-corrected chi connectivity index (χ2v) is 5.54. The number of morpholine rings is 1. The highest BCUT2D eigenvalue weighted by Gasteiger charge is 2.13. The number of hydrogen-bond donors (Lipinski definition) is 2. The zero-order valence-corrected chi connectivity index (χ0v) is 15.6. The van der Waals surface area contributed by atoms with Gasteiger partial charge in [-0.05, 0) is 26.7 Å². The third-order valence-corrected chi connectivity index (χ3v) is 3.00. The van der Waals surface area contributed by atoms with Crippen LogP contribution < -0.4 is 10.6 Å². The number of guanidine groups is 1. The van der Waals surface area contributed by atoms with E-state index in [9.17, 15) is 0 Å². The minimum absolute atomic E-state index is 0. The van der Waals surface area contributed by atoms with Crippen LogP contribution in [0.1, 0.15) is 27.7 Å². The molecule has 0 aromatic carbocycles. The number of nitrogens with one attached hydrogen (secondary N) is 2. The summed E-state index contributed by atoms with van der Waals surface area (Å²) in [6.45, 7) is 15.3. The van der Waals surface area contributed by atoms with Gasteiger partial charge in [-0.3, -0.25) is 9.89 Å². The summed E-state index contributed by atoms with van der Waals surface area (Å²) in [5, 5.41) is 6.62. The van der Waals surface area contributed by atoms with Gasteiger partial charge >= 0.3 is 0 Å². The molecule has 0 radical (unpaired) electrons. The van der Waals surface area contributed by atoms with Gasteiger partial charge in [-0.25, -0.2) is 0 Å². The van der Waals surface area contributed by atoms with Crippen LogP contribution in [0, 0.1) is 5.92 Å². The molecule has 1 aliphatic heterocycles. The highest BCUT2D eigenvalue weighted by molar-refractivity contribution is 14.0. The lowest BCUT2D eigenvalue weighted by Gasteiger charge is -2.28. The van der Waals surface area contributed by atoms with Crippen molar-refractivity contribution in [1.29, 1.82) is 0 Å². The maximum atomic E-state index is 5.37. The molecule has 1 saturated heterocycles. The largest absolute Gasteiger partial charge is 0.379 e. The molecule has 1 unspecified atom stereocenters. The van der Waals surface area contributed by atoms with Gasteiger partial charge in [0.1, 0.15) is 0 Å². The van der Waals surface area contributed by atoms with Gasteiger partial charge in [-0.2, -0.15) is 0 Å². The van der Waals surface area contributed by atoms with E-state index in [4.69, 9.17) is 4.74 Å². The quantitative estimate of drug-likeness (QED) is 0.405. The van der Waals surface area contributed by atoms with E-state index in [-0.39, 0.29) is 24.0 Å². The first-order valence-electron chi connectivity index (χ1n) is 7.46. The third kappa shape index (κ3) is 8.97. The second kappa shape index (κ2) is 11.6. The fraction of sp³-hybridized carbons (Fsp3) is 0.929. The standard InChI is InChI=1S/C14H30N4O.HI/c1-5-15-14(17-12(2)3)16-10-13(4)11-18-6-8-19-9-7-18;/h12-13H,5-11H2,1-4H3,(H2,15,16,17);1H. The Morgan fingerprint density at radius 1 is 1.25 bits per heavy atom. The number of rotatable bonds is 6. The highest BCUT2D eigenvalue weighted by atomic mass is 127. The summed E-state index contributed by atoms with van der Waals surface area (Å²) in [6.07, 6.45) is 0. The molecule has 0 bridgehead atoms. The van der Waals surface area contributed by atoms with Crippen LogP contribution in [0.4, 0.5) is 0 Å². The van der Waals surface area contributed by atoms with E-state index in [1.807, 2.05) is 0 Å². The topological polar surface area (TPSA) is 48.9 Å². The molecule has 6 heteroatoms. The average Bonchev–Trinajstić information content (AvgIpc) is 2.37. The lowest BCUT2D eigenvalue weighted by Crippen LogP contribution is -2.42. The number of hydrogen-bond acceptors (Lipinski definition) is 3. The van der Waals surface area contributed by atoms with E-state index in [2.05, 4.69) is 48.2 Å². The van der Waals surface area contributed by atoms with Gasteiger partial charge in [0.25, 0.3) is 0 Å². The molecule has 0 saturated carbocycles. The molecule has 120 valence electrons. The minimum atomic E-state index is 0. The molecule has 0 aromatic rings. The highest BCUT2D eigenvalue weighted by Crippen LogP contribution is 2.03. The zero-order valence-electron chi connectivity index (χ0n) is 13.3. The molecule has 1 fully saturated rings. The lowest BCUT2D eigenvalue weighted by atomic mass is 10.1. The van der Waals surface area contributed by atoms with Gasteiger partial charge in [0.15, 0.2) is 5.96 Å². The van der Waals surface area contributed by atoms with Crippen molar-refractivity contribution in [3.63, 3.8) is 0 Å². The first-order chi connectivity index (χ1) is 9.11. The molecule has 5 nitrogen and oxygen atoms in total. The Labute approximate surface area is 140 Å². The van der Waals surface area contributed by atoms with Gasteiger partial charge in [0.05, 0.1) is 13.2 Å². The maximum absolute atomic E-state index is 5.37. The van der Waals surface area contributed by atoms with Crippen molar-refractivity contribution in [2.24, 2.45) is 10.9 Å². The predicted molar refractivity (Wildman–Crippen MR) is 96.1 cm³/mol. The fourth-order valence-corrected chi connectivity index (χ4v) is 2.12. The molecule has 0 amide bonds. The van der Waals surface area contributed by atoms with Crippen LogP contribution in [0.5, 0.6) is 0 Å². The molecule has 20 heavy (non-hydrogen) atoms. The summed E-state index contributed by atoms with van der Waals surface area (Å²) in [7, 11) is 0. The molecule has 0 aliphatic carbocycles. The first-order valence-corrected chi connectivity index (χ1v) is 7.46. The summed E-state index contributed by atoms with van der Waals surface area (Å²) >= 11 is 0. The Kier molecular flexibility index (Phi) is 11.5. The minimum Gasteiger partial charge on any atom is -0.379 e. The van der Waals surface area contributed by atoms with Gasteiger partial charge < -0.3 is 15.4 Å². The summed E-state index contributed by atoms with van der Waals surface area (Å²) in [6, 6.07) is 0.410. The van der Waals surface area contributed by atoms with Crippen LogP contribution in [0.2, 0.25) is 0 Å². The van der Waals surface area contributed by atoms with Crippen LogP contribution in [0.15, 0.2) is 4.99 Å². The van der Waals surface area contributed by atoms with E-state index < -0.39 is 0 Å². The summed E-state index contributed by atoms with van der Waals surface area (Å²) < 4.78 is 5.37. The lowest BCUT2D eigenvalue weighted by molar-refractivity contribution is 0.0323. The summed E-state index contributed by atoms with van der Waals surface area (Å²) in [5.74, 6) is 1.49. The monoisotopic (exact) mass is 398 g/mol. The number of halogens is 1. The van der Waals surface area contributed by atoms with Crippen molar-refractivity contribution in [3.8, 4) is 0 Å². The van der Waals surface area contributed by atoms with Gasteiger partial charge in [0.2, 0.25) is 0 Å². The Hall–Kier alpha value is -0.0800. The average molecular weight is 398 g/mol. The van der Waals surface area contributed by atoms with Crippen LogP contribution in [0.25, 0.3) is 0 Å². The molecule has 1 aliphatic rings. The van der Waals surface area contributed by atoms with E-state index in [1.54, 1.807) is 0 Å². The molecule has 0 spiro atoms. The van der Waals surface area contributed by atoms with Crippen molar-refractivity contribution in [2.75, 3.05) is 45.9 Å². The molecule has 2 N–H and O–H groups in total. The summed E-state index contributed by atoms with van der Waals surface area (Å²) in [4.78, 5) is 7.12. The first kappa shape index (κ1) is 19.9. The van der Waals surface area contributed by atoms with Crippen molar-refractivity contribution >= 4 is 29.9 Å². The Balaban J connectivity index is 0.00000361. The van der Waals surface area contributed by atoms with Crippen LogP contribution >= 0.6 is 24.0 Å². The van der Waals surface area contributed by atoms with Crippen molar-refractivity contribution in [1.82, 2.24) is 15.5 Å². The van der Waals surface area contributed by atoms with Crippen molar-refractivity contribution in [2.45, 2.75) is 33.7 Å². The summed E-state index contributed by atoms with van der Waals surface area (Å²) in [5.41, 5.74) is 0. The Morgan fingerprint density at radius 3 is 2.45 bits per heavy atom. The van der Waals surface area contributed by atoms with Gasteiger partial charge in [0, 0.05) is 38.8 Å². The molecule has 1 atom stereocenters. The Bertz CT molecular complexity index is 268. The van der Waals surface area contributed by atoms with Gasteiger partial charge in [-0.15, -0.1) is 24.0 Å². The molecular weight excluding hydrogens is 367 g/mol. The van der Waals surface area contributed by atoms with Crippen molar-refractivity contribution in [3.05, 3.63) is 0 Å². The fourth-order valence-electron chi connectivity index (χ4n) is 2.12. The maximum Gasteiger partial charge on any atom is 0.191 e. The number of ether oxygens (including phenoxy) is 1. The SMILES string of the molecule is CCNC(=NCC(C)CN1CCOCC1)NC(C)C.I. The third-order valence-electron chi connectivity index (χ3n) is 3.00. The molecule has 0 aromatic heterocycles. The second-order valence-electron chi connectivity index (χ2n) is 5.54. The number of nitrogens with zero attached hydrogens (tertiary/aromatic N) is 2. The molecule has 1 heterocycles. The van der Waals surface area contributed by atoms with E-state index >= 15 is 0 Å². The van der Waals surface area contributed by atoms with E-state index in [0.29, 0.717) is 12.0 Å². The van der Waals surface area contributed by atoms with Crippen LogP contribution in [-0.2, 0) is 4.74 Å². The van der Waals surface area contributed by atoms with Gasteiger partial charge in [-0.1, -0.05) is 6.92 Å². The zero-order chi connectivity index (χ0) is 14.1.